The van der Waals surface area contributed by atoms with Crippen LogP contribution < -0.4 is 4.74 Å². The highest BCUT2D eigenvalue weighted by Gasteiger charge is 2.27. The number of hydrogen-bond donors (Lipinski definition) is 1. The molecule has 0 radical (unpaired) electrons. The molecule has 0 bridgehead atoms. The van der Waals surface area contributed by atoms with E-state index in [1.807, 2.05) is 6.08 Å². The second kappa shape index (κ2) is 3.89. The number of phenolic OH excluding ortho intramolecular Hbond substituents is 1. The highest BCUT2D eigenvalue weighted by atomic mass is 16.7. The minimum atomic E-state index is -0.836. The van der Waals surface area contributed by atoms with E-state index in [9.17, 15) is 9.90 Å². The van der Waals surface area contributed by atoms with Crippen molar-refractivity contribution in [3.63, 3.8) is 0 Å². The maximum Gasteiger partial charge on any atom is 0.227 e. The number of benzene rings is 1. The molecule has 4 heteroatoms. The van der Waals surface area contributed by atoms with E-state index in [-0.39, 0.29) is 17.1 Å². The van der Waals surface area contributed by atoms with Crippen LogP contribution in [0, 0.1) is 0 Å². The summed E-state index contributed by atoms with van der Waals surface area (Å²) in [5.74, 6) is -0.597. The van der Waals surface area contributed by atoms with Crippen LogP contribution in [0.25, 0.3) is 6.08 Å². The van der Waals surface area contributed by atoms with Gasteiger partial charge in [0.05, 0.1) is 5.56 Å². The van der Waals surface area contributed by atoms with Crippen LogP contribution in [-0.2, 0) is 4.74 Å². The summed E-state index contributed by atoms with van der Waals surface area (Å²) >= 11 is 0. The molecule has 0 saturated heterocycles. The van der Waals surface area contributed by atoms with Gasteiger partial charge in [-0.1, -0.05) is 0 Å². The van der Waals surface area contributed by atoms with Gasteiger partial charge < -0.3 is 14.6 Å². The average molecular weight is 234 g/mol. The average Bonchev–Trinajstić information content (AvgIpc) is 2.27. The van der Waals surface area contributed by atoms with Gasteiger partial charge >= 0.3 is 0 Å². The zero-order chi connectivity index (χ0) is 12.6. The van der Waals surface area contributed by atoms with Crippen molar-refractivity contribution in [2.24, 2.45) is 0 Å². The molecule has 1 atom stereocenters. The van der Waals surface area contributed by atoms with E-state index < -0.39 is 5.79 Å². The molecule has 0 aliphatic carbocycles. The van der Waals surface area contributed by atoms with Crippen LogP contribution in [0.5, 0.6) is 11.5 Å². The summed E-state index contributed by atoms with van der Waals surface area (Å²) in [6.45, 7) is 3.18. The summed E-state index contributed by atoms with van der Waals surface area (Å²) in [6, 6.07) is 3.05. The number of ether oxygens (including phenoxy) is 2. The minimum Gasteiger partial charge on any atom is -0.507 e. The second-order valence-electron chi connectivity index (χ2n) is 4.12. The molecule has 1 heterocycles. The van der Waals surface area contributed by atoms with Crippen molar-refractivity contribution >= 4 is 11.9 Å². The molecule has 0 aromatic heterocycles. The van der Waals surface area contributed by atoms with Gasteiger partial charge in [-0.25, -0.2) is 0 Å². The fourth-order valence-corrected chi connectivity index (χ4v) is 1.69. The van der Waals surface area contributed by atoms with Gasteiger partial charge in [0.2, 0.25) is 5.79 Å². The maximum absolute atomic E-state index is 11.3. The number of phenols is 1. The van der Waals surface area contributed by atoms with E-state index in [0.717, 1.165) is 5.56 Å². The lowest BCUT2D eigenvalue weighted by Crippen LogP contribution is -2.33. The Morgan fingerprint density at radius 3 is 2.76 bits per heavy atom. The molecule has 1 N–H and O–H groups in total. The molecule has 0 amide bonds. The number of carbonyl (C=O) groups is 1. The zero-order valence-electron chi connectivity index (χ0n) is 9.98. The Balaban J connectivity index is 2.49. The third-order valence-corrected chi connectivity index (χ3v) is 2.79. The van der Waals surface area contributed by atoms with Gasteiger partial charge in [0, 0.05) is 25.7 Å². The lowest BCUT2D eigenvalue weighted by Gasteiger charge is -2.30. The number of fused-ring (bicyclic) bond motifs is 1. The van der Waals surface area contributed by atoms with E-state index >= 15 is 0 Å². The molecule has 0 fully saturated rings. The van der Waals surface area contributed by atoms with Crippen molar-refractivity contribution in [1.29, 1.82) is 0 Å². The summed E-state index contributed by atoms with van der Waals surface area (Å²) in [4.78, 5) is 11.3. The van der Waals surface area contributed by atoms with E-state index in [0.29, 0.717) is 5.75 Å². The first-order valence-electron chi connectivity index (χ1n) is 5.26. The first-order valence-corrected chi connectivity index (χ1v) is 5.26. The number of Topliss-reactive ketones (excluding diaryl/α,β-unsaturated/α-hetero) is 1. The molecule has 1 aromatic rings. The van der Waals surface area contributed by atoms with Gasteiger partial charge in [0.1, 0.15) is 11.5 Å². The lowest BCUT2D eigenvalue weighted by atomic mass is 10.0. The van der Waals surface area contributed by atoms with Gasteiger partial charge in [-0.3, -0.25) is 4.79 Å². The fraction of sp³-hybridized carbons (Fsp3) is 0.308. The van der Waals surface area contributed by atoms with Gasteiger partial charge in [-0.05, 0) is 25.1 Å². The standard InChI is InChI=1S/C13H14O4/c1-8(14)10-6-9-4-5-13(2,16-3)17-12(9)7-11(10)15/h4-7,15H,1-3H3/t13-/m0/s1. The smallest absolute Gasteiger partial charge is 0.227 e. The number of aromatic hydroxyl groups is 1. The zero-order valence-corrected chi connectivity index (χ0v) is 9.98. The van der Waals surface area contributed by atoms with E-state index in [1.165, 1.54) is 13.0 Å². The van der Waals surface area contributed by atoms with Crippen LogP contribution in [0.2, 0.25) is 0 Å². The van der Waals surface area contributed by atoms with E-state index in [2.05, 4.69) is 0 Å². The highest BCUT2D eigenvalue weighted by molar-refractivity contribution is 5.97. The Labute approximate surface area is 99.5 Å². The second-order valence-corrected chi connectivity index (χ2v) is 4.12. The number of carbonyl (C=O) groups excluding carboxylic acids is 1. The molecule has 2 rings (SSSR count). The molecule has 1 aromatic carbocycles. The topological polar surface area (TPSA) is 55.8 Å². The Bertz CT molecular complexity index is 504. The molecular formula is C13H14O4. The summed E-state index contributed by atoms with van der Waals surface area (Å²) < 4.78 is 10.8. The van der Waals surface area contributed by atoms with Crippen LogP contribution in [0.4, 0.5) is 0 Å². The van der Waals surface area contributed by atoms with Crippen LogP contribution in [0.3, 0.4) is 0 Å². The van der Waals surface area contributed by atoms with Crippen molar-refractivity contribution in [3.8, 4) is 11.5 Å². The maximum atomic E-state index is 11.3. The van der Waals surface area contributed by atoms with Crippen molar-refractivity contribution in [2.75, 3.05) is 7.11 Å². The SMILES string of the molecule is CO[C@]1(C)C=Cc2cc(C(C)=O)c(O)cc2O1. The van der Waals surface area contributed by atoms with Gasteiger partial charge in [0.15, 0.2) is 5.78 Å². The molecule has 0 spiro atoms. The van der Waals surface area contributed by atoms with Crippen molar-refractivity contribution < 1.29 is 19.4 Å². The summed E-state index contributed by atoms with van der Waals surface area (Å²) in [5, 5.41) is 9.71. The Morgan fingerprint density at radius 1 is 1.47 bits per heavy atom. The van der Waals surface area contributed by atoms with Crippen molar-refractivity contribution in [2.45, 2.75) is 19.6 Å². The van der Waals surface area contributed by atoms with Crippen molar-refractivity contribution in [3.05, 3.63) is 29.3 Å². The molecule has 1 aliphatic rings. The van der Waals surface area contributed by atoms with E-state index in [4.69, 9.17) is 9.47 Å². The van der Waals surface area contributed by atoms with Crippen LogP contribution >= 0.6 is 0 Å². The molecule has 17 heavy (non-hydrogen) atoms. The van der Waals surface area contributed by atoms with Gasteiger partial charge in [0.25, 0.3) is 0 Å². The number of methoxy groups -OCH3 is 1. The monoisotopic (exact) mass is 234 g/mol. The molecule has 0 unspecified atom stereocenters. The lowest BCUT2D eigenvalue weighted by molar-refractivity contribution is -0.110. The molecule has 0 saturated carbocycles. The Morgan fingerprint density at radius 2 is 2.18 bits per heavy atom. The number of hydrogen-bond acceptors (Lipinski definition) is 4. The van der Waals surface area contributed by atoms with Crippen molar-refractivity contribution in [1.82, 2.24) is 0 Å². The predicted octanol–water partition coefficient (Wildman–Crippen LogP) is 2.36. The molecular weight excluding hydrogens is 220 g/mol. The van der Waals surface area contributed by atoms with Crippen LogP contribution in [0.1, 0.15) is 29.8 Å². The molecule has 90 valence electrons. The van der Waals surface area contributed by atoms with Crippen LogP contribution in [-0.4, -0.2) is 23.8 Å². The number of ketones is 1. The first kappa shape index (κ1) is 11.7. The molecule has 4 nitrogen and oxygen atoms in total. The Hall–Kier alpha value is -1.81. The first-order chi connectivity index (χ1) is 7.95. The van der Waals surface area contributed by atoms with Gasteiger partial charge in [-0.15, -0.1) is 0 Å². The Kier molecular flexibility index (Phi) is 2.67. The quantitative estimate of drug-likeness (QED) is 0.798. The third kappa shape index (κ3) is 2.03. The van der Waals surface area contributed by atoms with Gasteiger partial charge in [-0.2, -0.15) is 0 Å². The normalized spacial score (nSPS) is 21.8. The highest BCUT2D eigenvalue weighted by Crippen LogP contribution is 2.36. The van der Waals surface area contributed by atoms with E-state index in [1.54, 1.807) is 26.2 Å². The third-order valence-electron chi connectivity index (χ3n) is 2.79. The minimum absolute atomic E-state index is 0.0787. The summed E-state index contributed by atoms with van der Waals surface area (Å²) in [6.07, 6.45) is 3.57. The number of rotatable bonds is 2. The summed E-state index contributed by atoms with van der Waals surface area (Å²) in [7, 11) is 1.54. The largest absolute Gasteiger partial charge is 0.507 e. The van der Waals surface area contributed by atoms with Crippen LogP contribution in [0.15, 0.2) is 18.2 Å². The molecule has 1 aliphatic heterocycles. The summed E-state index contributed by atoms with van der Waals surface area (Å²) in [5.41, 5.74) is 1.04. The predicted molar refractivity (Wildman–Crippen MR) is 63.2 cm³/mol. The fourth-order valence-electron chi connectivity index (χ4n) is 1.69.